The molecule has 2 N–H and O–H groups in total. The second-order valence-corrected chi connectivity index (χ2v) is 4.93. The second-order valence-electron chi connectivity index (χ2n) is 4.93. The molecular formula is C14H26N2O. The molecule has 0 saturated heterocycles. The lowest BCUT2D eigenvalue weighted by atomic mass is 9.76. The third-order valence-corrected chi connectivity index (χ3v) is 3.75. The summed E-state index contributed by atoms with van der Waals surface area (Å²) in [7, 11) is 1.74. The number of allylic oxidation sites excluding steroid dienone is 4. The molecule has 0 spiro atoms. The first-order chi connectivity index (χ1) is 8.07. The van der Waals surface area contributed by atoms with Crippen LogP contribution in [0.5, 0.6) is 0 Å². The Morgan fingerprint density at radius 1 is 1.35 bits per heavy atom. The highest BCUT2D eigenvalue weighted by molar-refractivity contribution is 5.28. The minimum Gasteiger partial charge on any atom is -0.402 e. The highest BCUT2D eigenvalue weighted by atomic mass is 16.5. The van der Waals surface area contributed by atoms with Crippen molar-refractivity contribution in [2.75, 3.05) is 26.8 Å². The number of rotatable bonds is 6. The standard InChI is InChI=1S/C14H26N2O/c1-5-16(6-2)12-7-8-13(15)14(3,11-12)9-10-17-4/h7-8H,5-6,9-11,15H2,1-4H3. The van der Waals surface area contributed by atoms with Crippen molar-refractivity contribution >= 4 is 0 Å². The predicted octanol–water partition coefficient (Wildman–Crippen LogP) is 2.50. The number of hydrogen-bond acceptors (Lipinski definition) is 3. The molecule has 98 valence electrons. The molecule has 0 aliphatic heterocycles. The van der Waals surface area contributed by atoms with E-state index < -0.39 is 0 Å². The lowest BCUT2D eigenvalue weighted by molar-refractivity contribution is 0.152. The van der Waals surface area contributed by atoms with Gasteiger partial charge in [-0.1, -0.05) is 6.92 Å². The third kappa shape index (κ3) is 3.25. The number of nitrogens with zero attached hydrogens (tertiary/aromatic N) is 1. The summed E-state index contributed by atoms with van der Waals surface area (Å²) in [4.78, 5) is 2.40. The van der Waals surface area contributed by atoms with Gasteiger partial charge in [-0.25, -0.2) is 0 Å². The van der Waals surface area contributed by atoms with Crippen LogP contribution in [-0.2, 0) is 4.74 Å². The zero-order chi connectivity index (χ0) is 12.9. The number of methoxy groups -OCH3 is 1. The molecule has 17 heavy (non-hydrogen) atoms. The third-order valence-electron chi connectivity index (χ3n) is 3.75. The zero-order valence-electron chi connectivity index (χ0n) is 11.6. The van der Waals surface area contributed by atoms with Gasteiger partial charge in [-0.3, -0.25) is 0 Å². The predicted molar refractivity (Wildman–Crippen MR) is 72.5 cm³/mol. The largest absolute Gasteiger partial charge is 0.402 e. The maximum Gasteiger partial charge on any atom is 0.0471 e. The van der Waals surface area contributed by atoms with E-state index in [4.69, 9.17) is 10.5 Å². The zero-order valence-corrected chi connectivity index (χ0v) is 11.6. The summed E-state index contributed by atoms with van der Waals surface area (Å²) in [5, 5.41) is 0. The fraction of sp³-hybridized carbons (Fsp3) is 0.714. The highest BCUT2D eigenvalue weighted by Crippen LogP contribution is 2.38. The average Bonchev–Trinajstić information content (AvgIpc) is 2.33. The Labute approximate surface area is 105 Å². The number of ether oxygens (including phenoxy) is 1. The van der Waals surface area contributed by atoms with Gasteiger partial charge in [0.25, 0.3) is 0 Å². The lowest BCUT2D eigenvalue weighted by Gasteiger charge is -2.37. The molecule has 1 atom stereocenters. The normalized spacial score (nSPS) is 24.2. The fourth-order valence-electron chi connectivity index (χ4n) is 2.35. The Hall–Kier alpha value is -0.960. The van der Waals surface area contributed by atoms with Crippen LogP contribution in [0.25, 0.3) is 0 Å². The molecule has 1 aliphatic carbocycles. The van der Waals surface area contributed by atoms with Crippen LogP contribution in [0.15, 0.2) is 23.5 Å². The number of hydrogen-bond donors (Lipinski definition) is 1. The molecular weight excluding hydrogens is 212 g/mol. The van der Waals surface area contributed by atoms with Crippen LogP contribution in [0.4, 0.5) is 0 Å². The van der Waals surface area contributed by atoms with Crippen LogP contribution in [0.2, 0.25) is 0 Å². The Morgan fingerprint density at radius 2 is 2.00 bits per heavy atom. The van der Waals surface area contributed by atoms with Crippen molar-refractivity contribution in [1.82, 2.24) is 4.90 Å². The molecule has 0 radical (unpaired) electrons. The molecule has 0 aromatic rings. The van der Waals surface area contributed by atoms with E-state index in [-0.39, 0.29) is 5.41 Å². The molecule has 0 amide bonds. The van der Waals surface area contributed by atoms with Crippen LogP contribution in [0, 0.1) is 5.41 Å². The van der Waals surface area contributed by atoms with Gasteiger partial charge in [-0.15, -0.1) is 0 Å². The summed E-state index contributed by atoms with van der Waals surface area (Å²) in [5.41, 5.74) is 8.55. The fourth-order valence-corrected chi connectivity index (χ4v) is 2.35. The molecule has 3 heteroatoms. The van der Waals surface area contributed by atoms with Gasteiger partial charge in [0.1, 0.15) is 0 Å². The molecule has 1 unspecified atom stereocenters. The van der Waals surface area contributed by atoms with Gasteiger partial charge in [0.15, 0.2) is 0 Å². The van der Waals surface area contributed by atoms with Crippen LogP contribution in [-0.4, -0.2) is 31.7 Å². The summed E-state index contributed by atoms with van der Waals surface area (Å²) in [6, 6.07) is 0. The van der Waals surface area contributed by atoms with E-state index in [9.17, 15) is 0 Å². The Balaban J connectivity index is 2.80. The minimum absolute atomic E-state index is 0.0443. The Morgan fingerprint density at radius 3 is 2.53 bits per heavy atom. The van der Waals surface area contributed by atoms with Gasteiger partial charge >= 0.3 is 0 Å². The van der Waals surface area contributed by atoms with Crippen molar-refractivity contribution in [1.29, 1.82) is 0 Å². The number of nitrogens with two attached hydrogens (primary N) is 1. The van der Waals surface area contributed by atoms with Crippen LogP contribution in [0.3, 0.4) is 0 Å². The monoisotopic (exact) mass is 238 g/mol. The van der Waals surface area contributed by atoms with Gasteiger partial charge in [-0.05, 0) is 38.8 Å². The topological polar surface area (TPSA) is 38.5 Å². The molecule has 0 heterocycles. The average molecular weight is 238 g/mol. The van der Waals surface area contributed by atoms with E-state index in [1.54, 1.807) is 7.11 Å². The first-order valence-corrected chi connectivity index (χ1v) is 6.48. The molecule has 0 fully saturated rings. The van der Waals surface area contributed by atoms with Crippen molar-refractivity contribution in [2.45, 2.75) is 33.6 Å². The SMILES string of the molecule is CCN(CC)C1=CC=C(N)C(C)(CCOC)C1. The van der Waals surface area contributed by atoms with Crippen LogP contribution in [0.1, 0.15) is 33.6 Å². The smallest absolute Gasteiger partial charge is 0.0471 e. The van der Waals surface area contributed by atoms with Crippen molar-refractivity contribution in [3.05, 3.63) is 23.5 Å². The quantitative estimate of drug-likeness (QED) is 0.772. The van der Waals surface area contributed by atoms with Gasteiger partial charge in [0.05, 0.1) is 0 Å². The van der Waals surface area contributed by atoms with E-state index in [1.165, 1.54) is 5.70 Å². The van der Waals surface area contributed by atoms with Crippen LogP contribution < -0.4 is 5.73 Å². The van der Waals surface area contributed by atoms with Crippen molar-refractivity contribution in [3.8, 4) is 0 Å². The lowest BCUT2D eigenvalue weighted by Crippen LogP contribution is -2.34. The van der Waals surface area contributed by atoms with Crippen molar-refractivity contribution in [3.63, 3.8) is 0 Å². The van der Waals surface area contributed by atoms with Crippen LogP contribution >= 0.6 is 0 Å². The second kappa shape index (κ2) is 6.10. The van der Waals surface area contributed by atoms with E-state index in [0.29, 0.717) is 0 Å². The molecule has 1 aliphatic rings. The first kappa shape index (κ1) is 14.1. The van der Waals surface area contributed by atoms with E-state index in [0.717, 1.165) is 38.2 Å². The Kier molecular flexibility index (Phi) is 5.06. The molecule has 0 aromatic carbocycles. The maximum absolute atomic E-state index is 6.14. The van der Waals surface area contributed by atoms with Gasteiger partial charge in [0.2, 0.25) is 0 Å². The molecule has 0 aromatic heterocycles. The summed E-state index contributed by atoms with van der Waals surface area (Å²) in [6.45, 7) is 9.48. The van der Waals surface area contributed by atoms with Gasteiger partial charge in [-0.2, -0.15) is 0 Å². The molecule has 1 rings (SSSR count). The van der Waals surface area contributed by atoms with Crippen molar-refractivity contribution < 1.29 is 4.74 Å². The highest BCUT2D eigenvalue weighted by Gasteiger charge is 2.31. The summed E-state index contributed by atoms with van der Waals surface area (Å²) >= 11 is 0. The van der Waals surface area contributed by atoms with Crippen molar-refractivity contribution in [2.24, 2.45) is 11.1 Å². The molecule has 3 nitrogen and oxygen atoms in total. The maximum atomic E-state index is 6.14. The first-order valence-electron chi connectivity index (χ1n) is 6.48. The summed E-state index contributed by atoms with van der Waals surface area (Å²) < 4.78 is 5.19. The summed E-state index contributed by atoms with van der Waals surface area (Å²) in [5.74, 6) is 0. The van der Waals surface area contributed by atoms with E-state index in [2.05, 4.69) is 37.8 Å². The molecule has 0 saturated carbocycles. The summed E-state index contributed by atoms with van der Waals surface area (Å²) in [6.07, 6.45) is 6.22. The van der Waals surface area contributed by atoms with Gasteiger partial charge < -0.3 is 15.4 Å². The van der Waals surface area contributed by atoms with E-state index in [1.807, 2.05) is 0 Å². The molecule has 0 bridgehead atoms. The van der Waals surface area contributed by atoms with Gasteiger partial charge in [0, 0.05) is 43.6 Å². The minimum atomic E-state index is 0.0443. The Bertz CT molecular complexity index is 305. The van der Waals surface area contributed by atoms with E-state index >= 15 is 0 Å².